The van der Waals surface area contributed by atoms with E-state index in [4.69, 9.17) is 14.4 Å². The third-order valence-corrected chi connectivity index (χ3v) is 4.06. The number of ether oxygens (including phenoxy) is 1. The van der Waals surface area contributed by atoms with Crippen molar-refractivity contribution in [1.82, 2.24) is 20.0 Å². The molecule has 3 rings (SSSR count). The molecule has 1 saturated heterocycles. The Hall–Kier alpha value is -1.83. The van der Waals surface area contributed by atoms with Crippen molar-refractivity contribution >= 4 is 0 Å². The van der Waals surface area contributed by atoms with Gasteiger partial charge in [0.2, 0.25) is 11.7 Å². The highest BCUT2D eigenvalue weighted by atomic mass is 16.5. The lowest BCUT2D eigenvalue weighted by Gasteiger charge is -2.30. The Morgan fingerprint density at radius 1 is 1.26 bits per heavy atom. The lowest BCUT2D eigenvalue weighted by atomic mass is 9.97. The van der Waals surface area contributed by atoms with Crippen LogP contribution in [0.25, 0.3) is 11.5 Å². The molecule has 2 aromatic heterocycles. The van der Waals surface area contributed by atoms with Crippen LogP contribution in [0.4, 0.5) is 0 Å². The van der Waals surface area contributed by atoms with Gasteiger partial charge in [0, 0.05) is 18.7 Å². The Kier molecular flexibility index (Phi) is 5.68. The number of hydrogen-bond acceptors (Lipinski definition) is 7. The van der Waals surface area contributed by atoms with Crippen LogP contribution < -0.4 is 0 Å². The third kappa shape index (κ3) is 4.34. The minimum Gasteiger partial charge on any atom is -0.394 e. The molecular weight excluding hydrogens is 296 g/mol. The summed E-state index contributed by atoms with van der Waals surface area (Å²) in [5, 5.41) is 12.7. The smallest absolute Gasteiger partial charge is 0.230 e. The van der Waals surface area contributed by atoms with Crippen molar-refractivity contribution in [3.8, 4) is 11.5 Å². The molecule has 0 atom stereocenters. The van der Waals surface area contributed by atoms with Gasteiger partial charge in [0.15, 0.2) is 0 Å². The average molecular weight is 318 g/mol. The van der Waals surface area contributed by atoms with Gasteiger partial charge in [0.1, 0.15) is 5.69 Å². The number of hydrogen-bond donors (Lipinski definition) is 1. The molecule has 23 heavy (non-hydrogen) atoms. The standard InChI is InChI=1S/C16H22N4O3/c21-10-12-22-11-9-20-7-4-13(5-8-20)16-18-15(19-23-16)14-3-1-2-6-17-14/h1-3,6,13,21H,4-5,7-12H2. The lowest BCUT2D eigenvalue weighted by molar-refractivity contribution is 0.0669. The molecule has 7 nitrogen and oxygen atoms in total. The monoisotopic (exact) mass is 318 g/mol. The van der Waals surface area contributed by atoms with E-state index in [0.717, 1.165) is 38.2 Å². The van der Waals surface area contributed by atoms with Gasteiger partial charge in [-0.3, -0.25) is 4.98 Å². The molecule has 0 unspecified atom stereocenters. The van der Waals surface area contributed by atoms with Crippen LogP contribution in [0.5, 0.6) is 0 Å². The number of aliphatic hydroxyl groups is 1. The van der Waals surface area contributed by atoms with Crippen molar-refractivity contribution < 1.29 is 14.4 Å². The summed E-state index contributed by atoms with van der Waals surface area (Å²) in [6, 6.07) is 5.66. The second kappa shape index (κ2) is 8.14. The minimum atomic E-state index is 0.0812. The summed E-state index contributed by atoms with van der Waals surface area (Å²) >= 11 is 0. The number of likely N-dealkylation sites (tertiary alicyclic amines) is 1. The van der Waals surface area contributed by atoms with E-state index in [-0.39, 0.29) is 6.61 Å². The number of rotatable bonds is 7. The van der Waals surface area contributed by atoms with Crippen LogP contribution in [0, 0.1) is 0 Å². The molecule has 7 heteroatoms. The number of nitrogens with zero attached hydrogens (tertiary/aromatic N) is 4. The first-order chi connectivity index (χ1) is 11.4. The van der Waals surface area contributed by atoms with E-state index in [1.165, 1.54) is 0 Å². The number of piperidine rings is 1. The molecular formula is C16H22N4O3. The van der Waals surface area contributed by atoms with Gasteiger partial charge in [-0.15, -0.1) is 0 Å². The van der Waals surface area contributed by atoms with Crippen molar-refractivity contribution in [2.75, 3.05) is 39.5 Å². The maximum absolute atomic E-state index is 8.68. The predicted molar refractivity (Wildman–Crippen MR) is 83.8 cm³/mol. The second-order valence-corrected chi connectivity index (χ2v) is 5.62. The molecule has 0 amide bonds. The molecule has 1 N–H and O–H groups in total. The maximum Gasteiger partial charge on any atom is 0.230 e. The molecule has 0 spiro atoms. The number of aliphatic hydroxyl groups excluding tert-OH is 1. The van der Waals surface area contributed by atoms with Gasteiger partial charge in [-0.05, 0) is 38.1 Å². The third-order valence-electron chi connectivity index (χ3n) is 4.06. The van der Waals surface area contributed by atoms with Gasteiger partial charge in [-0.25, -0.2) is 0 Å². The fraction of sp³-hybridized carbons (Fsp3) is 0.562. The highest BCUT2D eigenvalue weighted by Crippen LogP contribution is 2.27. The summed E-state index contributed by atoms with van der Waals surface area (Å²) in [7, 11) is 0. The Labute approximate surface area is 135 Å². The van der Waals surface area contributed by atoms with Crippen LogP contribution in [0.15, 0.2) is 28.9 Å². The summed E-state index contributed by atoms with van der Waals surface area (Å²) in [6.45, 7) is 4.04. The molecule has 1 aliphatic rings. The van der Waals surface area contributed by atoms with Crippen LogP contribution in [-0.4, -0.2) is 64.6 Å². The van der Waals surface area contributed by atoms with E-state index in [1.54, 1.807) is 6.20 Å². The Balaban J connectivity index is 1.49. The first kappa shape index (κ1) is 16.0. The highest BCUT2D eigenvalue weighted by molar-refractivity contribution is 5.47. The van der Waals surface area contributed by atoms with E-state index in [0.29, 0.717) is 30.8 Å². The van der Waals surface area contributed by atoms with E-state index in [9.17, 15) is 0 Å². The SMILES string of the molecule is OCCOCCN1CCC(c2nc(-c3ccccn3)no2)CC1. The largest absolute Gasteiger partial charge is 0.394 e. The zero-order chi connectivity index (χ0) is 15.9. The van der Waals surface area contributed by atoms with Gasteiger partial charge in [0.05, 0.1) is 19.8 Å². The van der Waals surface area contributed by atoms with Gasteiger partial charge in [-0.2, -0.15) is 4.98 Å². The topological polar surface area (TPSA) is 84.5 Å². The summed E-state index contributed by atoms with van der Waals surface area (Å²) in [4.78, 5) is 11.1. The van der Waals surface area contributed by atoms with Crippen molar-refractivity contribution in [3.63, 3.8) is 0 Å². The first-order valence-electron chi connectivity index (χ1n) is 8.03. The van der Waals surface area contributed by atoms with Gasteiger partial charge < -0.3 is 19.3 Å². The average Bonchev–Trinajstić information content (AvgIpc) is 3.10. The van der Waals surface area contributed by atoms with Crippen molar-refractivity contribution in [2.45, 2.75) is 18.8 Å². The van der Waals surface area contributed by atoms with Crippen LogP contribution >= 0.6 is 0 Å². The van der Waals surface area contributed by atoms with E-state index in [1.807, 2.05) is 18.2 Å². The summed E-state index contributed by atoms with van der Waals surface area (Å²) in [5.41, 5.74) is 0.737. The Morgan fingerprint density at radius 2 is 2.13 bits per heavy atom. The summed E-state index contributed by atoms with van der Waals surface area (Å²) in [6.07, 6.45) is 3.73. The summed E-state index contributed by atoms with van der Waals surface area (Å²) in [5.74, 6) is 1.58. The van der Waals surface area contributed by atoms with Crippen molar-refractivity contribution in [2.24, 2.45) is 0 Å². The van der Waals surface area contributed by atoms with E-state index < -0.39 is 0 Å². The molecule has 1 aliphatic heterocycles. The van der Waals surface area contributed by atoms with Gasteiger partial charge in [0.25, 0.3) is 0 Å². The molecule has 1 fully saturated rings. The van der Waals surface area contributed by atoms with Gasteiger partial charge in [-0.1, -0.05) is 11.2 Å². The normalized spacial score (nSPS) is 16.7. The van der Waals surface area contributed by atoms with Crippen LogP contribution in [0.3, 0.4) is 0 Å². The molecule has 124 valence electrons. The molecule has 0 radical (unpaired) electrons. The molecule has 0 aliphatic carbocycles. The zero-order valence-corrected chi connectivity index (χ0v) is 13.1. The highest BCUT2D eigenvalue weighted by Gasteiger charge is 2.25. The zero-order valence-electron chi connectivity index (χ0n) is 13.1. The summed E-state index contributed by atoms with van der Waals surface area (Å²) < 4.78 is 10.7. The first-order valence-corrected chi connectivity index (χ1v) is 8.03. The molecule has 0 aromatic carbocycles. The molecule has 3 heterocycles. The second-order valence-electron chi connectivity index (χ2n) is 5.62. The van der Waals surface area contributed by atoms with Crippen molar-refractivity contribution in [1.29, 1.82) is 0 Å². The van der Waals surface area contributed by atoms with Crippen molar-refractivity contribution in [3.05, 3.63) is 30.3 Å². The molecule has 2 aromatic rings. The number of aromatic nitrogens is 3. The fourth-order valence-corrected chi connectivity index (χ4v) is 2.76. The van der Waals surface area contributed by atoms with Crippen LogP contribution in [0.1, 0.15) is 24.7 Å². The molecule has 0 saturated carbocycles. The van der Waals surface area contributed by atoms with Crippen LogP contribution in [0.2, 0.25) is 0 Å². The predicted octanol–water partition coefficient (Wildman–Crippen LogP) is 1.32. The fourth-order valence-electron chi connectivity index (χ4n) is 2.76. The van der Waals surface area contributed by atoms with E-state index in [2.05, 4.69) is 20.0 Å². The quantitative estimate of drug-likeness (QED) is 0.771. The Morgan fingerprint density at radius 3 is 2.87 bits per heavy atom. The minimum absolute atomic E-state index is 0.0812. The van der Waals surface area contributed by atoms with Crippen LogP contribution in [-0.2, 0) is 4.74 Å². The lowest BCUT2D eigenvalue weighted by Crippen LogP contribution is -2.35. The number of pyridine rings is 1. The molecule has 0 bridgehead atoms. The van der Waals surface area contributed by atoms with E-state index >= 15 is 0 Å². The Bertz CT molecular complexity index is 582. The maximum atomic E-state index is 8.68. The van der Waals surface area contributed by atoms with Gasteiger partial charge >= 0.3 is 0 Å².